The first-order valence-corrected chi connectivity index (χ1v) is 10.9. The predicted octanol–water partition coefficient (Wildman–Crippen LogP) is 5.54. The van der Waals surface area contributed by atoms with E-state index in [0.717, 1.165) is 30.7 Å². The van der Waals surface area contributed by atoms with Crippen LogP contribution in [0.15, 0.2) is 35.8 Å². The molecule has 0 radical (unpaired) electrons. The zero-order chi connectivity index (χ0) is 21.7. The lowest BCUT2D eigenvalue weighted by Crippen LogP contribution is -2.13. The van der Waals surface area contributed by atoms with Gasteiger partial charge in [-0.25, -0.2) is 23.4 Å². The highest BCUT2D eigenvalue weighted by atomic mass is 32.1. The molecular formula is C22H19F2N5OS. The van der Waals surface area contributed by atoms with Gasteiger partial charge in [0.1, 0.15) is 0 Å². The van der Waals surface area contributed by atoms with Gasteiger partial charge in [0.25, 0.3) is 5.91 Å². The second kappa shape index (κ2) is 7.49. The summed E-state index contributed by atoms with van der Waals surface area (Å²) in [5.41, 5.74) is 3.01. The van der Waals surface area contributed by atoms with Gasteiger partial charge in [-0.2, -0.15) is 5.10 Å². The number of rotatable bonds is 5. The van der Waals surface area contributed by atoms with Crippen LogP contribution < -0.4 is 5.32 Å². The van der Waals surface area contributed by atoms with Crippen LogP contribution in [0.4, 0.5) is 13.9 Å². The Hall–Kier alpha value is -3.20. The zero-order valence-electron chi connectivity index (χ0n) is 16.9. The summed E-state index contributed by atoms with van der Waals surface area (Å²) in [6, 6.07) is 5.55. The summed E-state index contributed by atoms with van der Waals surface area (Å²) in [6.07, 6.45) is 3.81. The van der Waals surface area contributed by atoms with Crippen LogP contribution in [0, 0.1) is 11.6 Å². The molecule has 6 nitrogen and oxygen atoms in total. The summed E-state index contributed by atoms with van der Waals surface area (Å²) in [4.78, 5) is 22.3. The van der Waals surface area contributed by atoms with E-state index in [4.69, 9.17) is 4.98 Å². The first kappa shape index (κ1) is 19.7. The van der Waals surface area contributed by atoms with Crippen molar-refractivity contribution in [1.82, 2.24) is 19.7 Å². The highest BCUT2D eigenvalue weighted by Crippen LogP contribution is 2.40. The Morgan fingerprint density at radius 2 is 2.00 bits per heavy atom. The van der Waals surface area contributed by atoms with Gasteiger partial charge in [-0.3, -0.25) is 10.1 Å². The molecule has 1 aliphatic rings. The quantitative estimate of drug-likeness (QED) is 0.443. The molecule has 0 saturated heterocycles. The fourth-order valence-electron chi connectivity index (χ4n) is 3.48. The second-order valence-electron chi connectivity index (χ2n) is 7.91. The van der Waals surface area contributed by atoms with Gasteiger partial charge in [0, 0.05) is 28.6 Å². The maximum atomic E-state index is 13.5. The Morgan fingerprint density at radius 1 is 1.19 bits per heavy atom. The first-order valence-electron chi connectivity index (χ1n) is 10.0. The molecule has 158 valence electrons. The molecular weight excluding hydrogens is 420 g/mol. The molecule has 9 heteroatoms. The van der Waals surface area contributed by atoms with Gasteiger partial charge in [0.15, 0.2) is 22.4 Å². The molecule has 1 aromatic carbocycles. The van der Waals surface area contributed by atoms with Gasteiger partial charge in [0.05, 0.1) is 22.8 Å². The lowest BCUT2D eigenvalue weighted by Gasteiger charge is -2.10. The predicted molar refractivity (Wildman–Crippen MR) is 115 cm³/mol. The van der Waals surface area contributed by atoms with E-state index in [1.807, 2.05) is 24.6 Å². The van der Waals surface area contributed by atoms with Gasteiger partial charge in [-0.15, -0.1) is 11.3 Å². The maximum absolute atomic E-state index is 13.5. The van der Waals surface area contributed by atoms with Gasteiger partial charge in [-0.1, -0.05) is 0 Å². The van der Waals surface area contributed by atoms with Crippen LogP contribution in [-0.4, -0.2) is 25.7 Å². The number of amides is 1. The maximum Gasteiger partial charge on any atom is 0.258 e. The highest BCUT2D eigenvalue weighted by molar-refractivity contribution is 7.14. The Bertz CT molecular complexity index is 1310. The Morgan fingerprint density at radius 3 is 2.71 bits per heavy atom. The van der Waals surface area contributed by atoms with Crippen molar-refractivity contribution in [2.75, 3.05) is 5.32 Å². The van der Waals surface area contributed by atoms with Gasteiger partial charge >= 0.3 is 0 Å². The van der Waals surface area contributed by atoms with E-state index in [-0.39, 0.29) is 11.9 Å². The number of carbonyl (C=O) groups is 1. The van der Waals surface area contributed by atoms with Crippen molar-refractivity contribution in [3.05, 3.63) is 58.7 Å². The molecule has 0 bridgehead atoms. The number of halogens is 2. The number of hydrogen-bond acceptors (Lipinski definition) is 5. The highest BCUT2D eigenvalue weighted by Gasteiger charge is 2.28. The first-order chi connectivity index (χ1) is 14.9. The minimum absolute atomic E-state index is 0.119. The zero-order valence-corrected chi connectivity index (χ0v) is 17.7. The molecule has 0 spiro atoms. The third-order valence-electron chi connectivity index (χ3n) is 5.26. The second-order valence-corrected chi connectivity index (χ2v) is 8.77. The molecule has 1 saturated carbocycles. The van der Waals surface area contributed by atoms with E-state index < -0.39 is 11.6 Å². The van der Waals surface area contributed by atoms with Gasteiger partial charge < -0.3 is 0 Å². The minimum Gasteiger partial charge on any atom is -0.298 e. The molecule has 0 aliphatic heterocycles. The molecule has 4 aromatic rings. The number of benzene rings is 1. The number of thiazole rings is 1. The number of aromatic nitrogens is 4. The summed E-state index contributed by atoms with van der Waals surface area (Å²) >= 11 is 1.22. The fourth-order valence-corrected chi connectivity index (χ4v) is 4.19. The number of nitrogens with zero attached hydrogens (tertiary/aromatic N) is 4. The fraction of sp³-hybridized carbons (Fsp3) is 0.273. The van der Waals surface area contributed by atoms with Gasteiger partial charge in [0.2, 0.25) is 0 Å². The SMILES string of the molecule is CC(C)n1ncc2c(C(=O)Nc3nc(-c4ccc(F)c(F)c4)cs3)cc(C3CC3)nc21. The molecule has 1 N–H and O–H groups in total. The molecule has 1 amide bonds. The van der Waals surface area contributed by atoms with Crippen LogP contribution in [0.2, 0.25) is 0 Å². The van der Waals surface area contributed by atoms with Crippen LogP contribution in [0.3, 0.4) is 0 Å². The van der Waals surface area contributed by atoms with E-state index in [0.29, 0.717) is 38.9 Å². The van der Waals surface area contributed by atoms with Crippen molar-refractivity contribution >= 4 is 33.4 Å². The van der Waals surface area contributed by atoms with Crippen LogP contribution >= 0.6 is 11.3 Å². The van der Waals surface area contributed by atoms with Crippen LogP contribution in [0.25, 0.3) is 22.3 Å². The van der Waals surface area contributed by atoms with Crippen molar-refractivity contribution < 1.29 is 13.6 Å². The Balaban J connectivity index is 1.47. The van der Waals surface area contributed by atoms with Crippen molar-refractivity contribution in [3.63, 3.8) is 0 Å². The lowest BCUT2D eigenvalue weighted by atomic mass is 10.1. The molecule has 3 aromatic heterocycles. The van der Waals surface area contributed by atoms with Gasteiger partial charge in [-0.05, 0) is 51.0 Å². The molecule has 5 rings (SSSR count). The number of carbonyl (C=O) groups excluding carboxylic acids is 1. The minimum atomic E-state index is -0.940. The summed E-state index contributed by atoms with van der Waals surface area (Å²) < 4.78 is 28.5. The molecule has 1 fully saturated rings. The smallest absolute Gasteiger partial charge is 0.258 e. The van der Waals surface area contributed by atoms with E-state index in [9.17, 15) is 13.6 Å². The van der Waals surface area contributed by atoms with E-state index in [1.54, 1.807) is 11.6 Å². The Kier molecular flexibility index (Phi) is 4.77. The molecule has 1 aliphatic carbocycles. The number of pyridine rings is 1. The van der Waals surface area contributed by atoms with E-state index >= 15 is 0 Å². The number of anilines is 1. The van der Waals surface area contributed by atoms with Crippen molar-refractivity contribution in [1.29, 1.82) is 0 Å². The van der Waals surface area contributed by atoms with E-state index in [1.165, 1.54) is 17.4 Å². The Labute approximate surface area is 181 Å². The van der Waals surface area contributed by atoms with Crippen molar-refractivity contribution in [2.45, 2.75) is 38.6 Å². The number of fused-ring (bicyclic) bond motifs is 1. The number of hydrogen-bond donors (Lipinski definition) is 1. The topological polar surface area (TPSA) is 72.7 Å². The summed E-state index contributed by atoms with van der Waals surface area (Å²) in [7, 11) is 0. The van der Waals surface area contributed by atoms with Crippen LogP contribution in [-0.2, 0) is 0 Å². The third kappa shape index (κ3) is 3.69. The summed E-state index contributed by atoms with van der Waals surface area (Å²) in [6.45, 7) is 4.04. The average molecular weight is 439 g/mol. The molecule has 0 unspecified atom stereocenters. The largest absolute Gasteiger partial charge is 0.298 e. The standard InChI is InChI=1S/C22H19F2N5OS/c1-11(2)29-20-15(9-25-29)14(8-18(26-20)12-3-4-12)21(30)28-22-27-19(10-31-22)13-5-6-16(23)17(24)7-13/h5-12H,3-4H2,1-2H3,(H,27,28,30). The molecule has 31 heavy (non-hydrogen) atoms. The summed E-state index contributed by atoms with van der Waals surface area (Å²) in [5.74, 6) is -1.78. The molecule has 0 atom stereocenters. The van der Waals surface area contributed by atoms with Crippen molar-refractivity contribution in [3.8, 4) is 11.3 Å². The monoisotopic (exact) mass is 439 g/mol. The third-order valence-corrected chi connectivity index (χ3v) is 6.01. The lowest BCUT2D eigenvalue weighted by molar-refractivity contribution is 0.102. The van der Waals surface area contributed by atoms with Crippen molar-refractivity contribution in [2.24, 2.45) is 0 Å². The normalized spacial score (nSPS) is 13.8. The number of nitrogens with one attached hydrogen (secondary N) is 1. The molecule has 3 heterocycles. The summed E-state index contributed by atoms with van der Waals surface area (Å²) in [5, 5.41) is 10.0. The van der Waals surface area contributed by atoms with Crippen LogP contribution in [0.5, 0.6) is 0 Å². The van der Waals surface area contributed by atoms with Crippen LogP contribution in [0.1, 0.15) is 54.7 Å². The average Bonchev–Trinajstić information content (AvgIpc) is 3.33. The van der Waals surface area contributed by atoms with E-state index in [2.05, 4.69) is 15.4 Å².